The van der Waals surface area contributed by atoms with Crippen LogP contribution < -0.4 is 10.1 Å². The Kier molecular flexibility index (Phi) is 6.41. The number of alkyl halides is 1. The van der Waals surface area contributed by atoms with Crippen molar-refractivity contribution in [2.75, 3.05) is 18.6 Å². The zero-order chi connectivity index (χ0) is 21.8. The number of carbonyl (C=O) groups excluding carboxylic acids is 1. The maximum atomic E-state index is 14.9. The quantitative estimate of drug-likeness (QED) is 0.615. The summed E-state index contributed by atoms with van der Waals surface area (Å²) in [6.07, 6.45) is -0.902. The summed E-state index contributed by atoms with van der Waals surface area (Å²) < 4.78 is 34.3. The third kappa shape index (κ3) is 4.46. The topological polar surface area (TPSA) is 89.3 Å². The highest BCUT2D eigenvalue weighted by Crippen LogP contribution is 2.30. The van der Waals surface area contributed by atoms with E-state index in [2.05, 4.69) is 15.4 Å². The molecule has 0 saturated heterocycles. The Labute approximate surface area is 172 Å². The predicted molar refractivity (Wildman–Crippen MR) is 108 cm³/mol. The van der Waals surface area contributed by atoms with Gasteiger partial charge in [-0.25, -0.2) is 13.8 Å². The van der Waals surface area contributed by atoms with Gasteiger partial charge in [-0.15, -0.1) is 0 Å². The average Bonchev–Trinajstić information content (AvgIpc) is 3.10. The minimum absolute atomic E-state index is 0.00110. The van der Waals surface area contributed by atoms with Crippen LogP contribution >= 0.6 is 0 Å². The lowest BCUT2D eigenvalue weighted by Gasteiger charge is -2.14. The maximum Gasteiger partial charge on any atom is 0.259 e. The number of nitrogens with one attached hydrogen (secondary N) is 1. The van der Waals surface area contributed by atoms with Crippen LogP contribution in [0.3, 0.4) is 0 Å². The number of aliphatic hydroxyl groups excluding tert-OH is 1. The lowest BCUT2D eigenvalue weighted by Crippen LogP contribution is -2.15. The molecule has 0 radical (unpaired) electrons. The summed E-state index contributed by atoms with van der Waals surface area (Å²) in [5.41, 5.74) is 1.28. The Bertz CT molecular complexity index is 1070. The van der Waals surface area contributed by atoms with Crippen molar-refractivity contribution in [3.8, 4) is 17.1 Å². The van der Waals surface area contributed by atoms with Crippen molar-refractivity contribution in [2.45, 2.75) is 20.0 Å². The molecule has 0 bridgehead atoms. The molecule has 0 spiro atoms. The summed E-state index contributed by atoms with van der Waals surface area (Å²) in [4.78, 5) is 16.9. The number of nitrogens with zero attached hydrogens (tertiary/aromatic N) is 3. The van der Waals surface area contributed by atoms with Gasteiger partial charge >= 0.3 is 0 Å². The molecule has 158 valence electrons. The fraction of sp³-hybridized carbons (Fsp3) is 0.286. The number of hydrogen-bond donors (Lipinski definition) is 2. The average molecular weight is 416 g/mol. The smallest absolute Gasteiger partial charge is 0.259 e. The number of anilines is 1. The number of hydrogen-bond acceptors (Lipinski definition) is 5. The van der Waals surface area contributed by atoms with Crippen molar-refractivity contribution in [1.29, 1.82) is 0 Å². The third-order valence-corrected chi connectivity index (χ3v) is 4.45. The molecule has 1 heterocycles. The number of halogens is 2. The fourth-order valence-electron chi connectivity index (χ4n) is 2.95. The number of rotatable bonds is 7. The molecule has 9 heteroatoms. The van der Waals surface area contributed by atoms with Gasteiger partial charge in [0.25, 0.3) is 5.91 Å². The Morgan fingerprint density at radius 3 is 2.70 bits per heavy atom. The first-order chi connectivity index (χ1) is 14.3. The van der Waals surface area contributed by atoms with Crippen LogP contribution in [0.4, 0.5) is 14.5 Å². The van der Waals surface area contributed by atoms with Gasteiger partial charge in [0.05, 0.1) is 11.1 Å². The summed E-state index contributed by atoms with van der Waals surface area (Å²) in [5, 5.41) is 16.6. The van der Waals surface area contributed by atoms with E-state index in [1.807, 2.05) is 19.1 Å². The van der Waals surface area contributed by atoms with Gasteiger partial charge < -0.3 is 15.2 Å². The Morgan fingerprint density at radius 1 is 1.33 bits per heavy atom. The van der Waals surface area contributed by atoms with Crippen LogP contribution in [-0.4, -0.2) is 39.1 Å². The number of ether oxygens (including phenoxy) is 1. The molecule has 1 unspecified atom stereocenters. The van der Waals surface area contributed by atoms with Gasteiger partial charge in [0, 0.05) is 12.7 Å². The van der Waals surface area contributed by atoms with Crippen LogP contribution in [0.2, 0.25) is 0 Å². The fourth-order valence-corrected chi connectivity index (χ4v) is 2.95. The number of aryl methyl sites for hydroxylation is 2. The van der Waals surface area contributed by atoms with Gasteiger partial charge in [-0.05, 0) is 37.6 Å². The van der Waals surface area contributed by atoms with Gasteiger partial charge in [0.2, 0.25) is 0 Å². The second kappa shape index (κ2) is 9.00. The largest absolute Gasteiger partial charge is 0.490 e. The van der Waals surface area contributed by atoms with Gasteiger partial charge in [-0.2, -0.15) is 5.10 Å². The van der Waals surface area contributed by atoms with Crippen LogP contribution in [0.25, 0.3) is 11.4 Å². The van der Waals surface area contributed by atoms with Crippen LogP contribution in [0, 0.1) is 12.7 Å². The summed E-state index contributed by atoms with van der Waals surface area (Å²) in [5.74, 6) is -1.08. The van der Waals surface area contributed by atoms with Crippen molar-refractivity contribution in [2.24, 2.45) is 7.05 Å². The molecule has 0 aliphatic carbocycles. The molecular formula is C21H22F2N4O3. The monoisotopic (exact) mass is 416 g/mol. The molecule has 0 aliphatic rings. The Balaban J connectivity index is 2.02. The normalized spacial score (nSPS) is 11.9. The van der Waals surface area contributed by atoms with Crippen LogP contribution in [0.5, 0.6) is 5.75 Å². The van der Waals surface area contributed by atoms with Crippen molar-refractivity contribution in [3.63, 3.8) is 0 Å². The molecule has 1 aromatic heterocycles. The lowest BCUT2D eigenvalue weighted by atomic mass is 10.1. The van der Waals surface area contributed by atoms with E-state index in [9.17, 15) is 18.7 Å². The summed E-state index contributed by atoms with van der Waals surface area (Å²) >= 11 is 0. The van der Waals surface area contributed by atoms with E-state index in [0.717, 1.165) is 11.6 Å². The molecular weight excluding hydrogens is 394 g/mol. The third-order valence-electron chi connectivity index (χ3n) is 4.45. The molecule has 7 nitrogen and oxygen atoms in total. The number of aromatic nitrogens is 3. The Hall–Kier alpha value is -3.33. The van der Waals surface area contributed by atoms with Crippen molar-refractivity contribution >= 4 is 11.6 Å². The highest BCUT2D eigenvalue weighted by Gasteiger charge is 2.22. The minimum Gasteiger partial charge on any atom is -0.490 e. The molecule has 3 rings (SSSR count). The SMILES string of the molecule is Cc1ccccc1NC(=O)c1cc(F)c(-c2nc(C(C)O)n(C)n2)cc1OCCF. The van der Waals surface area contributed by atoms with Crippen LogP contribution in [0.15, 0.2) is 36.4 Å². The number of amides is 1. The van der Waals surface area contributed by atoms with Crippen LogP contribution in [0.1, 0.15) is 34.8 Å². The highest BCUT2D eigenvalue weighted by atomic mass is 19.1. The first kappa shape index (κ1) is 21.4. The molecule has 0 saturated carbocycles. The molecule has 2 aromatic carbocycles. The zero-order valence-electron chi connectivity index (χ0n) is 16.8. The predicted octanol–water partition coefficient (Wildman–Crippen LogP) is 3.58. The number of carbonyl (C=O) groups is 1. The number of para-hydroxylation sites is 1. The standard InChI is InChI=1S/C21H22F2N4O3/c1-12-6-4-5-7-17(12)24-21(29)15-10-16(23)14(11-18(15)30-9-8-22)19-25-20(13(2)28)27(3)26-19/h4-7,10-11,13,28H,8-9H2,1-3H3,(H,24,29). The van der Waals surface area contributed by atoms with Gasteiger partial charge in [0.1, 0.15) is 31.0 Å². The van der Waals surface area contributed by atoms with Crippen molar-refractivity contribution < 1.29 is 23.4 Å². The van der Waals surface area contributed by atoms with E-state index in [1.165, 1.54) is 17.7 Å². The van der Waals surface area contributed by atoms with Gasteiger partial charge in [-0.3, -0.25) is 9.48 Å². The first-order valence-corrected chi connectivity index (χ1v) is 9.30. The summed E-state index contributed by atoms with van der Waals surface area (Å²) in [6, 6.07) is 9.41. The molecule has 1 atom stereocenters. The van der Waals surface area contributed by atoms with E-state index >= 15 is 0 Å². The lowest BCUT2D eigenvalue weighted by molar-refractivity contribution is 0.102. The molecule has 1 amide bonds. The summed E-state index contributed by atoms with van der Waals surface area (Å²) in [7, 11) is 1.57. The Morgan fingerprint density at radius 2 is 2.07 bits per heavy atom. The van der Waals surface area contributed by atoms with Crippen molar-refractivity contribution in [1.82, 2.24) is 14.8 Å². The van der Waals surface area contributed by atoms with Gasteiger partial charge in [-0.1, -0.05) is 18.2 Å². The van der Waals surface area contributed by atoms with E-state index in [0.29, 0.717) is 5.69 Å². The minimum atomic E-state index is -0.902. The molecule has 0 fully saturated rings. The zero-order valence-corrected chi connectivity index (χ0v) is 16.8. The van der Waals surface area contributed by atoms with E-state index < -0.39 is 24.5 Å². The van der Waals surface area contributed by atoms with Crippen molar-refractivity contribution in [3.05, 3.63) is 59.2 Å². The molecule has 3 aromatic rings. The van der Waals surface area contributed by atoms with E-state index in [1.54, 1.807) is 19.2 Å². The summed E-state index contributed by atoms with van der Waals surface area (Å²) in [6.45, 7) is 2.26. The molecule has 0 aliphatic heterocycles. The van der Waals surface area contributed by atoms with E-state index in [4.69, 9.17) is 4.74 Å². The first-order valence-electron chi connectivity index (χ1n) is 9.30. The second-order valence-electron chi connectivity index (χ2n) is 6.73. The maximum absolute atomic E-state index is 14.9. The van der Waals surface area contributed by atoms with E-state index in [-0.39, 0.29) is 35.1 Å². The second-order valence-corrected chi connectivity index (χ2v) is 6.73. The number of aliphatic hydroxyl groups is 1. The highest BCUT2D eigenvalue weighted by molar-refractivity contribution is 6.06. The molecule has 30 heavy (non-hydrogen) atoms. The van der Waals surface area contributed by atoms with Crippen LogP contribution in [-0.2, 0) is 7.05 Å². The molecule has 2 N–H and O–H groups in total. The van der Waals surface area contributed by atoms with Gasteiger partial charge in [0.15, 0.2) is 11.6 Å². The number of benzene rings is 2.